The summed E-state index contributed by atoms with van der Waals surface area (Å²) in [5, 5.41) is 8.77. The van der Waals surface area contributed by atoms with Gasteiger partial charge in [-0.3, -0.25) is 0 Å². The summed E-state index contributed by atoms with van der Waals surface area (Å²) in [5.74, 6) is 1.01. The highest BCUT2D eigenvalue weighted by Crippen LogP contribution is 2.16. The van der Waals surface area contributed by atoms with Crippen LogP contribution in [0.15, 0.2) is 0 Å². The third-order valence-electron chi connectivity index (χ3n) is 2.31. The highest BCUT2D eigenvalue weighted by atomic mass is 15.1. The molecule has 0 aromatic carbocycles. The van der Waals surface area contributed by atoms with Gasteiger partial charge in [-0.25, -0.2) is 0 Å². The van der Waals surface area contributed by atoms with Crippen LogP contribution >= 0.6 is 0 Å². The molecule has 0 aromatic rings. The number of nitrogens with zero attached hydrogens (tertiary/aromatic N) is 2. The Hall–Kier alpha value is -0.550. The summed E-state index contributed by atoms with van der Waals surface area (Å²) in [6, 6.07) is 2.37. The maximum Gasteiger partial charge on any atom is 0.0669 e. The second-order valence-corrected chi connectivity index (χ2v) is 4.12. The van der Waals surface area contributed by atoms with E-state index in [-0.39, 0.29) is 5.92 Å². The van der Waals surface area contributed by atoms with Crippen LogP contribution in [-0.4, -0.2) is 24.5 Å². The SMILES string of the molecule is CC(C)CN1CCCC(C#N)C1. The van der Waals surface area contributed by atoms with Crippen LogP contribution in [-0.2, 0) is 0 Å². The molecule has 1 atom stereocenters. The molecule has 1 heterocycles. The average molecular weight is 166 g/mol. The maximum absolute atomic E-state index is 8.77. The molecule has 0 aliphatic carbocycles. The van der Waals surface area contributed by atoms with Gasteiger partial charge in [0.1, 0.15) is 0 Å². The first-order chi connectivity index (χ1) is 5.72. The fraction of sp³-hybridized carbons (Fsp3) is 0.900. The summed E-state index contributed by atoms with van der Waals surface area (Å²) >= 11 is 0. The molecule has 1 aliphatic heterocycles. The normalized spacial score (nSPS) is 25.7. The summed E-state index contributed by atoms with van der Waals surface area (Å²) in [7, 11) is 0. The second-order valence-electron chi connectivity index (χ2n) is 4.12. The van der Waals surface area contributed by atoms with E-state index in [1.54, 1.807) is 0 Å². The van der Waals surface area contributed by atoms with Gasteiger partial charge in [0.2, 0.25) is 0 Å². The highest BCUT2D eigenvalue weighted by Gasteiger charge is 2.19. The minimum atomic E-state index is 0.289. The van der Waals surface area contributed by atoms with Crippen LogP contribution in [0.1, 0.15) is 26.7 Å². The first-order valence-corrected chi connectivity index (χ1v) is 4.84. The maximum atomic E-state index is 8.77. The predicted octanol–water partition coefficient (Wildman–Crippen LogP) is 1.88. The van der Waals surface area contributed by atoms with E-state index in [0.717, 1.165) is 25.4 Å². The lowest BCUT2D eigenvalue weighted by Crippen LogP contribution is -2.37. The Kier molecular flexibility index (Phi) is 3.55. The minimum Gasteiger partial charge on any atom is -0.302 e. The Bertz CT molecular complexity index is 169. The lowest BCUT2D eigenvalue weighted by atomic mass is 9.99. The van der Waals surface area contributed by atoms with Crippen molar-refractivity contribution in [3.63, 3.8) is 0 Å². The Morgan fingerprint density at radius 1 is 1.58 bits per heavy atom. The molecule has 2 nitrogen and oxygen atoms in total. The van der Waals surface area contributed by atoms with Crippen LogP contribution in [0.5, 0.6) is 0 Å². The molecule has 0 N–H and O–H groups in total. The number of hydrogen-bond acceptors (Lipinski definition) is 2. The lowest BCUT2D eigenvalue weighted by molar-refractivity contribution is 0.180. The average Bonchev–Trinajstić information content (AvgIpc) is 2.03. The van der Waals surface area contributed by atoms with Crippen molar-refractivity contribution in [2.45, 2.75) is 26.7 Å². The van der Waals surface area contributed by atoms with Gasteiger partial charge in [0.15, 0.2) is 0 Å². The zero-order chi connectivity index (χ0) is 8.97. The summed E-state index contributed by atoms with van der Waals surface area (Å²) < 4.78 is 0. The zero-order valence-electron chi connectivity index (χ0n) is 8.08. The molecule has 12 heavy (non-hydrogen) atoms. The molecule has 0 amide bonds. The molecule has 0 radical (unpaired) electrons. The van der Waals surface area contributed by atoms with Crippen LogP contribution in [0.2, 0.25) is 0 Å². The molecular formula is C10H18N2. The predicted molar refractivity (Wildman–Crippen MR) is 49.6 cm³/mol. The van der Waals surface area contributed by atoms with Crippen molar-refractivity contribution in [3.05, 3.63) is 0 Å². The molecule has 0 spiro atoms. The molecule has 1 rings (SSSR count). The quantitative estimate of drug-likeness (QED) is 0.626. The smallest absolute Gasteiger partial charge is 0.0669 e. The molecule has 0 saturated carbocycles. The monoisotopic (exact) mass is 166 g/mol. The van der Waals surface area contributed by atoms with Gasteiger partial charge in [0.25, 0.3) is 0 Å². The Balaban J connectivity index is 2.32. The Morgan fingerprint density at radius 3 is 2.92 bits per heavy atom. The van der Waals surface area contributed by atoms with E-state index in [4.69, 9.17) is 5.26 Å². The number of rotatable bonds is 2. The first-order valence-electron chi connectivity index (χ1n) is 4.84. The van der Waals surface area contributed by atoms with Gasteiger partial charge >= 0.3 is 0 Å². The van der Waals surface area contributed by atoms with E-state index in [1.165, 1.54) is 13.0 Å². The standard InChI is InChI=1S/C10H18N2/c1-9(2)7-12-5-3-4-10(6-11)8-12/h9-10H,3-5,7-8H2,1-2H3. The van der Waals surface area contributed by atoms with Crippen molar-refractivity contribution in [1.29, 1.82) is 5.26 Å². The van der Waals surface area contributed by atoms with Gasteiger partial charge < -0.3 is 4.90 Å². The van der Waals surface area contributed by atoms with Gasteiger partial charge in [-0.2, -0.15) is 5.26 Å². The topological polar surface area (TPSA) is 27.0 Å². The number of piperidine rings is 1. The molecule has 1 unspecified atom stereocenters. The number of likely N-dealkylation sites (tertiary alicyclic amines) is 1. The van der Waals surface area contributed by atoms with Gasteiger partial charge in [-0.05, 0) is 25.3 Å². The summed E-state index contributed by atoms with van der Waals surface area (Å²) in [4.78, 5) is 2.42. The Morgan fingerprint density at radius 2 is 2.33 bits per heavy atom. The van der Waals surface area contributed by atoms with Gasteiger partial charge in [-0.15, -0.1) is 0 Å². The van der Waals surface area contributed by atoms with Crippen LogP contribution < -0.4 is 0 Å². The minimum absolute atomic E-state index is 0.289. The molecular weight excluding hydrogens is 148 g/mol. The third-order valence-corrected chi connectivity index (χ3v) is 2.31. The summed E-state index contributed by atoms with van der Waals surface area (Å²) in [5.41, 5.74) is 0. The van der Waals surface area contributed by atoms with Crippen LogP contribution in [0, 0.1) is 23.2 Å². The lowest BCUT2D eigenvalue weighted by Gasteiger charge is -2.30. The van der Waals surface area contributed by atoms with Crippen molar-refractivity contribution in [2.75, 3.05) is 19.6 Å². The molecule has 2 heteroatoms. The van der Waals surface area contributed by atoms with Crippen LogP contribution in [0.25, 0.3) is 0 Å². The summed E-state index contributed by atoms with van der Waals surface area (Å²) in [6.45, 7) is 7.80. The zero-order valence-corrected chi connectivity index (χ0v) is 8.08. The molecule has 0 bridgehead atoms. The molecule has 1 fully saturated rings. The molecule has 1 saturated heterocycles. The Labute approximate surface area is 75.2 Å². The first kappa shape index (κ1) is 9.54. The van der Waals surface area contributed by atoms with E-state index >= 15 is 0 Å². The highest BCUT2D eigenvalue weighted by molar-refractivity contribution is 4.88. The number of nitriles is 1. The molecule has 68 valence electrons. The van der Waals surface area contributed by atoms with Crippen molar-refractivity contribution >= 4 is 0 Å². The van der Waals surface area contributed by atoms with E-state index < -0.39 is 0 Å². The van der Waals surface area contributed by atoms with Gasteiger partial charge in [0.05, 0.1) is 12.0 Å². The van der Waals surface area contributed by atoms with E-state index in [0.29, 0.717) is 0 Å². The number of hydrogen-bond donors (Lipinski definition) is 0. The fourth-order valence-corrected chi connectivity index (χ4v) is 1.84. The van der Waals surface area contributed by atoms with E-state index in [2.05, 4.69) is 24.8 Å². The van der Waals surface area contributed by atoms with Crippen molar-refractivity contribution in [3.8, 4) is 6.07 Å². The largest absolute Gasteiger partial charge is 0.302 e. The van der Waals surface area contributed by atoms with Crippen molar-refractivity contribution in [1.82, 2.24) is 4.90 Å². The van der Waals surface area contributed by atoms with Crippen molar-refractivity contribution in [2.24, 2.45) is 11.8 Å². The van der Waals surface area contributed by atoms with Crippen LogP contribution in [0.3, 0.4) is 0 Å². The molecule has 0 aromatic heterocycles. The van der Waals surface area contributed by atoms with Gasteiger partial charge in [0, 0.05) is 13.1 Å². The molecule has 1 aliphatic rings. The van der Waals surface area contributed by atoms with Gasteiger partial charge in [-0.1, -0.05) is 13.8 Å². The second kappa shape index (κ2) is 4.47. The van der Waals surface area contributed by atoms with E-state index in [1.807, 2.05) is 0 Å². The van der Waals surface area contributed by atoms with E-state index in [9.17, 15) is 0 Å². The van der Waals surface area contributed by atoms with Crippen LogP contribution in [0.4, 0.5) is 0 Å². The van der Waals surface area contributed by atoms with Crippen molar-refractivity contribution < 1.29 is 0 Å². The third kappa shape index (κ3) is 2.83. The fourth-order valence-electron chi connectivity index (χ4n) is 1.84. The summed E-state index contributed by atoms with van der Waals surface area (Å²) in [6.07, 6.45) is 2.30.